The third-order valence-corrected chi connectivity index (χ3v) is 11.1. The number of rotatable bonds is 5. The van der Waals surface area contributed by atoms with Crippen molar-refractivity contribution in [2.24, 2.45) is 46.3 Å². The van der Waals surface area contributed by atoms with Crippen LogP contribution >= 0.6 is 0 Å². The molecule has 4 saturated carbocycles. The van der Waals surface area contributed by atoms with Gasteiger partial charge in [0, 0.05) is 12.3 Å². The van der Waals surface area contributed by atoms with E-state index in [0.717, 1.165) is 38.5 Å². The van der Waals surface area contributed by atoms with Crippen LogP contribution in [0.15, 0.2) is 0 Å². The lowest BCUT2D eigenvalue weighted by atomic mass is 9.42. The topological polar surface area (TPSA) is 101 Å². The first-order valence-corrected chi connectivity index (χ1v) is 13.3. The first-order valence-electron chi connectivity index (χ1n) is 13.3. The molecule has 4 fully saturated rings. The fourth-order valence-corrected chi connectivity index (χ4v) is 9.37. The lowest BCUT2D eigenvalue weighted by Crippen LogP contribution is -2.68. The van der Waals surface area contributed by atoms with Crippen molar-refractivity contribution in [3.63, 3.8) is 0 Å². The second-order valence-corrected chi connectivity index (χ2v) is 13.2. The van der Waals surface area contributed by atoms with Crippen molar-refractivity contribution in [2.75, 3.05) is 0 Å². The lowest BCUT2D eigenvalue weighted by molar-refractivity contribution is -0.263. The van der Waals surface area contributed by atoms with E-state index in [-0.39, 0.29) is 46.7 Å². The number of aliphatic hydroxyl groups is 5. The smallest absolute Gasteiger partial charge is 0.0763 e. The van der Waals surface area contributed by atoms with Gasteiger partial charge in [-0.05, 0) is 91.8 Å². The normalized spacial score (nSPS) is 52.8. The highest BCUT2D eigenvalue weighted by Crippen LogP contribution is 2.69. The van der Waals surface area contributed by atoms with E-state index >= 15 is 0 Å². The van der Waals surface area contributed by atoms with Crippen LogP contribution in [0.3, 0.4) is 0 Å². The molecule has 0 heterocycles. The standard InChI is InChI=1S/C27H48O5/c1-15(2)20(29)7-6-16(3)18-13-21(30)24-26(18,5)11-9-23-25(4)10-8-17(28)12-19(25)22(31)14-27(23,24)32/h15-24,28-32H,6-14H2,1-5H3/t16-,17?,18-,19?,20?,21?,22?,23-,24-,25+,26-,27+/m1/s1. The summed E-state index contributed by atoms with van der Waals surface area (Å²) in [7, 11) is 0. The largest absolute Gasteiger partial charge is 0.393 e. The number of hydrogen-bond donors (Lipinski definition) is 5. The molecular weight excluding hydrogens is 404 g/mol. The molecule has 32 heavy (non-hydrogen) atoms. The molecule has 12 atom stereocenters. The van der Waals surface area contributed by atoms with E-state index in [0.29, 0.717) is 31.1 Å². The van der Waals surface area contributed by atoms with Crippen molar-refractivity contribution >= 4 is 0 Å². The summed E-state index contributed by atoms with van der Waals surface area (Å²) in [5, 5.41) is 55.4. The highest BCUT2D eigenvalue weighted by Gasteiger charge is 2.70. The molecule has 0 aromatic rings. The Balaban J connectivity index is 1.59. The molecule has 0 bridgehead atoms. The van der Waals surface area contributed by atoms with Crippen LogP contribution in [-0.2, 0) is 0 Å². The van der Waals surface area contributed by atoms with Gasteiger partial charge in [-0.2, -0.15) is 0 Å². The average molecular weight is 453 g/mol. The van der Waals surface area contributed by atoms with E-state index in [2.05, 4.69) is 34.6 Å². The fraction of sp³-hybridized carbons (Fsp3) is 1.00. The van der Waals surface area contributed by atoms with Crippen molar-refractivity contribution in [1.82, 2.24) is 0 Å². The molecule has 4 aliphatic carbocycles. The maximum absolute atomic E-state index is 12.3. The zero-order valence-corrected chi connectivity index (χ0v) is 20.9. The van der Waals surface area contributed by atoms with E-state index in [4.69, 9.17) is 0 Å². The molecular formula is C27H48O5. The summed E-state index contributed by atoms with van der Waals surface area (Å²) in [6.07, 6.45) is 4.97. The Kier molecular flexibility index (Phi) is 6.60. The van der Waals surface area contributed by atoms with Gasteiger partial charge >= 0.3 is 0 Å². The van der Waals surface area contributed by atoms with Crippen LogP contribution in [-0.4, -0.2) is 55.5 Å². The van der Waals surface area contributed by atoms with Gasteiger partial charge in [-0.15, -0.1) is 0 Å². The molecule has 0 spiro atoms. The maximum atomic E-state index is 12.3. The summed E-state index contributed by atoms with van der Waals surface area (Å²) in [5.41, 5.74) is -1.42. The highest BCUT2D eigenvalue weighted by molar-refractivity contribution is 5.20. The molecule has 5 N–H and O–H groups in total. The second-order valence-electron chi connectivity index (χ2n) is 13.2. The van der Waals surface area contributed by atoms with E-state index in [9.17, 15) is 25.5 Å². The minimum atomic E-state index is -1.06. The van der Waals surface area contributed by atoms with Gasteiger partial charge in [-0.3, -0.25) is 0 Å². The Labute approximate surface area is 194 Å². The van der Waals surface area contributed by atoms with E-state index in [1.54, 1.807) is 0 Å². The summed E-state index contributed by atoms with van der Waals surface area (Å²) in [4.78, 5) is 0. The van der Waals surface area contributed by atoms with Crippen LogP contribution in [0.25, 0.3) is 0 Å². The zero-order chi connectivity index (χ0) is 23.6. The predicted octanol–water partition coefficient (Wildman–Crippen LogP) is 3.50. The SMILES string of the molecule is CC(C)C(O)CC[C@@H](C)[C@H]1CC(O)[C@@H]2[C@]1(C)CC[C@H]1[C@@]2(O)CC(O)C2CC(O)CC[C@@]21C. The second kappa shape index (κ2) is 8.48. The Hall–Kier alpha value is -0.200. The van der Waals surface area contributed by atoms with E-state index in [1.165, 1.54) is 0 Å². The molecule has 4 rings (SSSR count). The molecule has 0 aliphatic heterocycles. The van der Waals surface area contributed by atoms with Crippen molar-refractivity contribution < 1.29 is 25.5 Å². The van der Waals surface area contributed by atoms with Crippen LogP contribution in [0.4, 0.5) is 0 Å². The van der Waals surface area contributed by atoms with Crippen molar-refractivity contribution in [2.45, 2.75) is 122 Å². The van der Waals surface area contributed by atoms with Crippen LogP contribution in [0.5, 0.6) is 0 Å². The lowest BCUT2D eigenvalue weighted by Gasteiger charge is -2.66. The van der Waals surface area contributed by atoms with Crippen molar-refractivity contribution in [3.8, 4) is 0 Å². The molecule has 5 nitrogen and oxygen atoms in total. The van der Waals surface area contributed by atoms with Crippen LogP contribution in [0.2, 0.25) is 0 Å². The minimum absolute atomic E-state index is 0.0201. The zero-order valence-electron chi connectivity index (χ0n) is 20.9. The summed E-state index contributed by atoms with van der Waals surface area (Å²) in [6, 6.07) is 0. The molecule has 5 heteroatoms. The van der Waals surface area contributed by atoms with E-state index in [1.807, 2.05) is 0 Å². The molecule has 0 aromatic carbocycles. The summed E-state index contributed by atoms with van der Waals surface area (Å²) in [6.45, 7) is 10.8. The van der Waals surface area contributed by atoms with Crippen LogP contribution in [0.1, 0.15) is 92.4 Å². The van der Waals surface area contributed by atoms with Gasteiger partial charge < -0.3 is 25.5 Å². The van der Waals surface area contributed by atoms with Crippen molar-refractivity contribution in [1.29, 1.82) is 0 Å². The Morgan fingerprint density at radius 3 is 2.19 bits per heavy atom. The predicted molar refractivity (Wildman–Crippen MR) is 125 cm³/mol. The molecule has 5 unspecified atom stereocenters. The van der Waals surface area contributed by atoms with Gasteiger partial charge in [-0.1, -0.05) is 34.6 Å². The molecule has 0 aromatic heterocycles. The minimum Gasteiger partial charge on any atom is -0.393 e. The fourth-order valence-electron chi connectivity index (χ4n) is 9.37. The number of fused-ring (bicyclic) bond motifs is 5. The van der Waals surface area contributed by atoms with Crippen LogP contribution in [0, 0.1) is 46.3 Å². The highest BCUT2D eigenvalue weighted by atomic mass is 16.3. The first-order chi connectivity index (χ1) is 14.8. The molecule has 0 radical (unpaired) electrons. The first kappa shape index (κ1) is 24.9. The van der Waals surface area contributed by atoms with Crippen LogP contribution < -0.4 is 0 Å². The van der Waals surface area contributed by atoms with E-state index < -0.39 is 17.8 Å². The van der Waals surface area contributed by atoms with Crippen molar-refractivity contribution in [3.05, 3.63) is 0 Å². The number of hydrogen-bond acceptors (Lipinski definition) is 5. The molecule has 0 saturated heterocycles. The van der Waals surface area contributed by atoms with Gasteiger partial charge in [-0.25, -0.2) is 0 Å². The summed E-state index contributed by atoms with van der Waals surface area (Å²) >= 11 is 0. The van der Waals surface area contributed by atoms with Gasteiger partial charge in [0.2, 0.25) is 0 Å². The summed E-state index contributed by atoms with van der Waals surface area (Å²) < 4.78 is 0. The van der Waals surface area contributed by atoms with Gasteiger partial charge in [0.1, 0.15) is 0 Å². The summed E-state index contributed by atoms with van der Waals surface area (Å²) in [5.74, 6) is 0.780. The molecule has 0 amide bonds. The third-order valence-electron chi connectivity index (χ3n) is 11.1. The Morgan fingerprint density at radius 1 is 0.875 bits per heavy atom. The maximum Gasteiger partial charge on any atom is 0.0763 e. The average Bonchev–Trinajstić information content (AvgIpc) is 2.98. The molecule has 4 aliphatic rings. The third kappa shape index (κ3) is 3.69. The van der Waals surface area contributed by atoms with Gasteiger partial charge in [0.05, 0.1) is 30.0 Å². The van der Waals surface area contributed by atoms with Gasteiger partial charge in [0.25, 0.3) is 0 Å². The Bertz CT molecular complexity index is 683. The Morgan fingerprint density at radius 2 is 1.53 bits per heavy atom. The number of aliphatic hydroxyl groups excluding tert-OH is 4. The monoisotopic (exact) mass is 452 g/mol. The molecule has 186 valence electrons. The van der Waals surface area contributed by atoms with Gasteiger partial charge in [0.15, 0.2) is 0 Å². The quantitative estimate of drug-likeness (QED) is 0.440.